The summed E-state index contributed by atoms with van der Waals surface area (Å²) in [6.07, 6.45) is 2.47. The molecule has 0 bridgehead atoms. The summed E-state index contributed by atoms with van der Waals surface area (Å²) in [5.41, 5.74) is 1.38. The molecule has 4 atom stereocenters. The van der Waals surface area contributed by atoms with E-state index in [9.17, 15) is 25.1 Å². The van der Waals surface area contributed by atoms with Crippen LogP contribution in [0, 0.1) is 28.6 Å². The molecule has 284 valence electrons. The Morgan fingerprint density at radius 2 is 1.62 bits per heavy atom. The van der Waals surface area contributed by atoms with E-state index in [0.717, 1.165) is 42.6 Å². The number of hydrogen-bond acceptors (Lipinski definition) is 11. The lowest BCUT2D eigenvalue weighted by atomic mass is 9.58. The molecule has 2 N–H and O–H groups in total. The molecule has 55 heavy (non-hydrogen) atoms. The van der Waals surface area contributed by atoms with Crippen LogP contribution >= 0.6 is 0 Å². The number of carbonyl (C=O) groups is 2. The molecule has 1 aliphatic heterocycles. The number of aromatic nitrogens is 1. The van der Waals surface area contributed by atoms with Gasteiger partial charge in [0.25, 0.3) is 5.88 Å². The van der Waals surface area contributed by atoms with Gasteiger partial charge in [-0.15, -0.1) is 0 Å². The third kappa shape index (κ3) is 6.32. The van der Waals surface area contributed by atoms with E-state index in [-0.39, 0.29) is 59.8 Å². The molecule has 4 aromatic rings. The number of nitriles is 1. The molecule has 11 heteroatoms. The predicted molar refractivity (Wildman–Crippen MR) is 202 cm³/mol. The Bertz CT molecular complexity index is 2210. The zero-order chi connectivity index (χ0) is 38.6. The van der Waals surface area contributed by atoms with E-state index in [1.54, 1.807) is 20.2 Å². The Morgan fingerprint density at radius 3 is 2.24 bits per heavy atom. The van der Waals surface area contributed by atoms with Gasteiger partial charge in [-0.3, -0.25) is 19.4 Å². The average molecular weight is 743 g/mol. The number of piperidine rings is 1. The molecule has 0 spiro atoms. The van der Waals surface area contributed by atoms with Gasteiger partial charge >= 0.3 is 0 Å². The van der Waals surface area contributed by atoms with Crippen molar-refractivity contribution in [3.8, 4) is 17.7 Å². The molecule has 11 nitrogen and oxygen atoms in total. The number of ether oxygens (including phenoxy) is 2. The van der Waals surface area contributed by atoms with Gasteiger partial charge in [-0.05, 0) is 97.7 Å². The molecule has 0 unspecified atom stereocenters. The third-order valence-electron chi connectivity index (χ3n) is 12.1. The number of Topliss-reactive ketones (excluding diaryl/α,β-unsaturated/α-hetero) is 2. The van der Waals surface area contributed by atoms with Gasteiger partial charge in [0.15, 0.2) is 17.1 Å². The molecular formula is C44H46N4O7. The maximum Gasteiger partial charge on any atom is 0.265 e. The molecule has 3 aromatic carbocycles. The first-order chi connectivity index (χ1) is 26.4. The summed E-state index contributed by atoms with van der Waals surface area (Å²) in [4.78, 5) is 33.6. The summed E-state index contributed by atoms with van der Waals surface area (Å²) in [5, 5.41) is 39.6. The number of aliphatic hydroxyl groups is 2. The van der Waals surface area contributed by atoms with Crippen LogP contribution in [-0.4, -0.2) is 69.5 Å². The predicted octanol–water partition coefficient (Wildman–Crippen LogP) is 6.74. The van der Waals surface area contributed by atoms with Crippen molar-refractivity contribution in [3.63, 3.8) is 0 Å². The van der Waals surface area contributed by atoms with Gasteiger partial charge in [0, 0.05) is 18.0 Å². The van der Waals surface area contributed by atoms with Crippen molar-refractivity contribution in [2.45, 2.75) is 70.9 Å². The first kappa shape index (κ1) is 36.7. The number of aliphatic hydroxyl groups excluding tert-OH is 1. The second kappa shape index (κ2) is 14.1. The van der Waals surface area contributed by atoms with Crippen molar-refractivity contribution in [2.24, 2.45) is 17.3 Å². The second-order valence-electron chi connectivity index (χ2n) is 16.4. The molecule has 8 rings (SSSR count). The average Bonchev–Trinajstić information content (AvgIpc) is 3.59. The zero-order valence-corrected chi connectivity index (χ0v) is 31.7. The minimum atomic E-state index is -2.47. The van der Waals surface area contributed by atoms with Gasteiger partial charge in [0.05, 0.1) is 23.2 Å². The topological polar surface area (TPSA) is 149 Å². The van der Waals surface area contributed by atoms with Gasteiger partial charge in [-0.2, -0.15) is 5.26 Å². The SMILES string of the molecule is CN(C)[C@@H]1c2onc(OCc3ccccc3)c2C(=O)[C@@]2(O)C(O)=C3C(=O)c4c(OCc5ccccc5)cc(CN5CCC(C)(C)CC5)c(C#N)c4C[C@H]3C[C@@H]12. The van der Waals surface area contributed by atoms with E-state index in [1.807, 2.05) is 65.6 Å². The normalized spacial score (nSPS) is 24.4. The summed E-state index contributed by atoms with van der Waals surface area (Å²) in [7, 11) is 3.60. The minimum absolute atomic E-state index is 0.0387. The van der Waals surface area contributed by atoms with Gasteiger partial charge in [-0.1, -0.05) is 74.5 Å². The fourth-order valence-corrected chi connectivity index (χ4v) is 9.05. The number of fused-ring (bicyclic) bond motifs is 4. The van der Waals surface area contributed by atoms with E-state index < -0.39 is 40.8 Å². The largest absolute Gasteiger partial charge is 0.508 e. The molecule has 1 saturated heterocycles. The lowest BCUT2D eigenvalue weighted by molar-refractivity contribution is -0.0559. The number of carbonyl (C=O) groups excluding carboxylic acids is 2. The summed E-state index contributed by atoms with van der Waals surface area (Å²) in [6, 6.07) is 22.5. The first-order valence-electron chi connectivity index (χ1n) is 19.0. The highest BCUT2D eigenvalue weighted by atomic mass is 16.5. The van der Waals surface area contributed by atoms with Crippen LogP contribution in [0.5, 0.6) is 11.6 Å². The number of ketones is 2. The highest BCUT2D eigenvalue weighted by Crippen LogP contribution is 2.57. The van der Waals surface area contributed by atoms with Gasteiger partial charge in [-0.25, -0.2) is 0 Å². The monoisotopic (exact) mass is 742 g/mol. The lowest BCUT2D eigenvalue weighted by Gasteiger charge is -2.49. The van der Waals surface area contributed by atoms with Crippen molar-refractivity contribution in [1.82, 2.24) is 15.0 Å². The number of benzene rings is 3. The Hall–Kier alpha value is -5.28. The van der Waals surface area contributed by atoms with Gasteiger partial charge < -0.3 is 24.2 Å². The summed E-state index contributed by atoms with van der Waals surface area (Å²) in [6.45, 7) is 7.13. The summed E-state index contributed by atoms with van der Waals surface area (Å²) < 4.78 is 18.2. The maximum absolute atomic E-state index is 14.9. The fraction of sp³-hybridized carbons (Fsp3) is 0.409. The summed E-state index contributed by atoms with van der Waals surface area (Å²) >= 11 is 0. The van der Waals surface area contributed by atoms with Crippen LogP contribution in [0.2, 0.25) is 0 Å². The molecular weight excluding hydrogens is 697 g/mol. The molecule has 1 fully saturated rings. The Morgan fingerprint density at radius 1 is 0.982 bits per heavy atom. The Kier molecular flexibility index (Phi) is 9.40. The van der Waals surface area contributed by atoms with Crippen molar-refractivity contribution in [1.29, 1.82) is 5.26 Å². The number of nitrogens with zero attached hydrogens (tertiary/aromatic N) is 4. The van der Waals surface area contributed by atoms with E-state index in [2.05, 4.69) is 30.0 Å². The van der Waals surface area contributed by atoms with Crippen molar-refractivity contribution < 1.29 is 33.8 Å². The van der Waals surface area contributed by atoms with Crippen LogP contribution in [0.1, 0.15) is 93.4 Å². The quantitative estimate of drug-likeness (QED) is 0.188. The number of likely N-dealkylation sites (tertiary alicyclic amines) is 1. The molecule has 2 heterocycles. The van der Waals surface area contributed by atoms with E-state index >= 15 is 0 Å². The summed E-state index contributed by atoms with van der Waals surface area (Å²) in [5.74, 6) is -3.14. The molecule has 4 aliphatic rings. The highest BCUT2D eigenvalue weighted by molar-refractivity contribution is 6.16. The minimum Gasteiger partial charge on any atom is -0.508 e. The van der Waals surface area contributed by atoms with Gasteiger partial charge in [0.1, 0.15) is 30.3 Å². The molecule has 3 aliphatic carbocycles. The van der Waals surface area contributed by atoms with Crippen LogP contribution in [0.4, 0.5) is 0 Å². The molecule has 0 radical (unpaired) electrons. The number of hydrogen-bond donors (Lipinski definition) is 2. The van der Waals surface area contributed by atoms with Crippen molar-refractivity contribution >= 4 is 11.6 Å². The van der Waals surface area contributed by atoms with E-state index in [1.165, 1.54) is 0 Å². The second-order valence-corrected chi connectivity index (χ2v) is 16.4. The van der Waals surface area contributed by atoms with Crippen molar-refractivity contribution in [3.05, 3.63) is 123 Å². The molecule has 0 saturated carbocycles. The number of rotatable bonds is 9. The van der Waals surface area contributed by atoms with Crippen LogP contribution in [-0.2, 0) is 26.2 Å². The highest BCUT2D eigenvalue weighted by Gasteiger charge is 2.64. The zero-order valence-electron chi connectivity index (χ0n) is 31.7. The third-order valence-corrected chi connectivity index (χ3v) is 12.1. The Balaban J connectivity index is 1.21. The van der Waals surface area contributed by atoms with Gasteiger partial charge in [0.2, 0.25) is 5.78 Å². The maximum atomic E-state index is 14.9. The fourth-order valence-electron chi connectivity index (χ4n) is 9.05. The first-order valence-corrected chi connectivity index (χ1v) is 19.0. The van der Waals surface area contributed by atoms with Crippen molar-refractivity contribution in [2.75, 3.05) is 27.2 Å². The number of allylic oxidation sites excluding steroid dienone is 1. The molecule has 1 aromatic heterocycles. The standard InChI is InChI=1S/C44H46N4O7/c1-43(2)15-17-48(18-16-43)23-29-21-33(53-24-26-11-7-5-8-12-26)35-30(31(29)22-45)19-28-20-32-37(47(3)4)39-36(41(51)44(32,52)40(50)34(28)38(35)49)42(46-55-39)54-25-27-13-9-6-10-14-27/h5-14,21,28,32,37,50,52H,15-20,23-25H2,1-4H3/t28-,32-,37-,44-/m0/s1. The van der Waals surface area contributed by atoms with E-state index in [0.29, 0.717) is 23.4 Å². The Labute approximate surface area is 320 Å². The smallest absolute Gasteiger partial charge is 0.265 e. The van der Waals surface area contributed by atoms with Crippen LogP contribution in [0.25, 0.3) is 0 Å². The van der Waals surface area contributed by atoms with Crippen LogP contribution < -0.4 is 9.47 Å². The van der Waals surface area contributed by atoms with Crippen LogP contribution in [0.3, 0.4) is 0 Å². The van der Waals surface area contributed by atoms with Crippen LogP contribution in [0.15, 0.2) is 82.6 Å². The lowest BCUT2D eigenvalue weighted by Crippen LogP contribution is -2.59. The van der Waals surface area contributed by atoms with E-state index in [4.69, 9.17) is 14.0 Å². The molecule has 0 amide bonds.